The second kappa shape index (κ2) is 10.5. The smallest absolute Gasteiger partial charge is 0.226 e. The summed E-state index contributed by atoms with van der Waals surface area (Å²) in [5.74, 6) is 1.14. The molecular formula is C28H40N4O. The molecule has 0 saturated carbocycles. The molecule has 5 nitrogen and oxygen atoms in total. The molecule has 3 saturated heterocycles. The molecule has 5 rings (SSSR count). The lowest BCUT2D eigenvalue weighted by molar-refractivity contribution is -0.139. The van der Waals surface area contributed by atoms with Gasteiger partial charge in [-0.2, -0.15) is 0 Å². The van der Waals surface area contributed by atoms with Crippen LogP contribution in [0.1, 0.15) is 31.2 Å². The number of likely N-dealkylation sites (tertiary alicyclic amines) is 2. The third-order valence-corrected chi connectivity index (χ3v) is 7.96. The van der Waals surface area contributed by atoms with Crippen LogP contribution < -0.4 is 0 Å². The van der Waals surface area contributed by atoms with Crippen LogP contribution in [0.4, 0.5) is 0 Å². The molecule has 0 N–H and O–H groups in total. The normalized spacial score (nSPS) is 26.0. The number of likely N-dealkylation sites (N-methyl/N-ethyl adjacent to an activating group) is 1. The van der Waals surface area contributed by atoms with E-state index >= 15 is 0 Å². The number of rotatable bonds is 5. The maximum absolute atomic E-state index is 13.5. The van der Waals surface area contributed by atoms with Crippen LogP contribution in [0.25, 0.3) is 10.8 Å². The quantitative estimate of drug-likeness (QED) is 0.700. The molecule has 3 fully saturated rings. The van der Waals surface area contributed by atoms with Crippen molar-refractivity contribution >= 4 is 16.7 Å². The Morgan fingerprint density at radius 3 is 2.39 bits per heavy atom. The lowest BCUT2D eigenvalue weighted by Gasteiger charge is -2.42. The Bertz CT molecular complexity index is 932. The van der Waals surface area contributed by atoms with Gasteiger partial charge in [-0.15, -0.1) is 0 Å². The van der Waals surface area contributed by atoms with Crippen LogP contribution in [-0.2, 0) is 11.3 Å². The third-order valence-electron chi connectivity index (χ3n) is 7.96. The minimum absolute atomic E-state index is 0.148. The van der Waals surface area contributed by atoms with E-state index in [2.05, 4.69) is 69.1 Å². The zero-order valence-electron chi connectivity index (χ0n) is 20.3. The molecular weight excluding hydrogens is 408 g/mol. The first kappa shape index (κ1) is 22.8. The molecule has 0 aromatic heterocycles. The van der Waals surface area contributed by atoms with Crippen LogP contribution in [0.15, 0.2) is 42.5 Å². The number of nitrogens with zero attached hydrogens (tertiary/aromatic N) is 4. The van der Waals surface area contributed by atoms with E-state index in [-0.39, 0.29) is 5.92 Å². The molecule has 3 heterocycles. The number of hydrogen-bond acceptors (Lipinski definition) is 4. The molecule has 2 atom stereocenters. The first-order valence-corrected chi connectivity index (χ1v) is 13.0. The summed E-state index contributed by atoms with van der Waals surface area (Å²) < 4.78 is 0. The average Bonchev–Trinajstić information content (AvgIpc) is 2.85. The van der Waals surface area contributed by atoms with Crippen molar-refractivity contribution in [1.82, 2.24) is 19.6 Å². The van der Waals surface area contributed by atoms with Crippen molar-refractivity contribution in [3.8, 4) is 0 Å². The van der Waals surface area contributed by atoms with Gasteiger partial charge in [0.25, 0.3) is 0 Å². The highest BCUT2D eigenvalue weighted by Gasteiger charge is 2.35. The summed E-state index contributed by atoms with van der Waals surface area (Å²) in [4.78, 5) is 23.3. The summed E-state index contributed by atoms with van der Waals surface area (Å²) in [7, 11) is 2.22. The molecule has 0 radical (unpaired) electrons. The molecule has 0 spiro atoms. The van der Waals surface area contributed by atoms with E-state index in [9.17, 15) is 4.79 Å². The van der Waals surface area contributed by atoms with Gasteiger partial charge in [0.1, 0.15) is 0 Å². The SMILES string of the molecule is CN1CCN(C[C@H]2C[C@@H](C(=O)N3CCCCC3)CN(Cc3ccc4ccccc4c3)C2)CC1. The first-order valence-electron chi connectivity index (χ1n) is 13.0. The van der Waals surface area contributed by atoms with Gasteiger partial charge < -0.3 is 14.7 Å². The van der Waals surface area contributed by atoms with Crippen molar-refractivity contribution in [2.45, 2.75) is 32.2 Å². The highest BCUT2D eigenvalue weighted by Crippen LogP contribution is 2.28. The van der Waals surface area contributed by atoms with Crippen LogP contribution in [0.3, 0.4) is 0 Å². The van der Waals surface area contributed by atoms with Gasteiger partial charge in [-0.25, -0.2) is 0 Å². The van der Waals surface area contributed by atoms with Crippen molar-refractivity contribution in [3.63, 3.8) is 0 Å². The van der Waals surface area contributed by atoms with Crippen molar-refractivity contribution in [1.29, 1.82) is 0 Å². The number of amides is 1. The summed E-state index contributed by atoms with van der Waals surface area (Å²) >= 11 is 0. The minimum Gasteiger partial charge on any atom is -0.342 e. The summed E-state index contributed by atoms with van der Waals surface area (Å²) in [6, 6.07) is 15.5. The number of fused-ring (bicyclic) bond motifs is 1. The number of benzene rings is 2. The summed E-state index contributed by atoms with van der Waals surface area (Å²) in [5, 5.41) is 2.60. The molecule has 3 aliphatic rings. The summed E-state index contributed by atoms with van der Waals surface area (Å²) in [6.45, 7) is 10.6. The van der Waals surface area contributed by atoms with Crippen LogP contribution in [-0.4, -0.2) is 91.5 Å². The van der Waals surface area contributed by atoms with Crippen LogP contribution in [0, 0.1) is 11.8 Å². The van der Waals surface area contributed by atoms with E-state index in [0.717, 1.165) is 71.9 Å². The Balaban J connectivity index is 1.29. The number of piperidine rings is 2. The molecule has 0 unspecified atom stereocenters. The Morgan fingerprint density at radius 2 is 1.61 bits per heavy atom. The summed E-state index contributed by atoms with van der Waals surface area (Å²) in [5.41, 5.74) is 1.36. The second-order valence-electron chi connectivity index (χ2n) is 10.7. The van der Waals surface area contributed by atoms with Gasteiger partial charge in [0.05, 0.1) is 5.92 Å². The van der Waals surface area contributed by atoms with Gasteiger partial charge in [-0.3, -0.25) is 9.69 Å². The van der Waals surface area contributed by atoms with Gasteiger partial charge in [-0.1, -0.05) is 36.4 Å². The zero-order valence-corrected chi connectivity index (χ0v) is 20.3. The molecule has 0 bridgehead atoms. The van der Waals surface area contributed by atoms with Gasteiger partial charge in [-0.05, 0) is 61.1 Å². The fraction of sp³-hybridized carbons (Fsp3) is 0.607. The van der Waals surface area contributed by atoms with Crippen LogP contribution in [0.5, 0.6) is 0 Å². The first-order chi connectivity index (χ1) is 16.1. The number of carbonyl (C=O) groups is 1. The Hall–Kier alpha value is -1.95. The molecule has 3 aliphatic heterocycles. The fourth-order valence-corrected chi connectivity index (χ4v) is 6.11. The minimum atomic E-state index is 0.148. The van der Waals surface area contributed by atoms with E-state index in [1.807, 2.05) is 0 Å². The maximum atomic E-state index is 13.5. The van der Waals surface area contributed by atoms with Gasteiger partial charge in [0.15, 0.2) is 0 Å². The van der Waals surface area contributed by atoms with E-state index in [0.29, 0.717) is 11.8 Å². The van der Waals surface area contributed by atoms with E-state index in [1.165, 1.54) is 35.6 Å². The molecule has 5 heteroatoms. The molecule has 1 amide bonds. The van der Waals surface area contributed by atoms with E-state index in [1.54, 1.807) is 0 Å². The van der Waals surface area contributed by atoms with Crippen LogP contribution in [0.2, 0.25) is 0 Å². The lowest BCUT2D eigenvalue weighted by atomic mass is 9.87. The predicted molar refractivity (Wildman–Crippen MR) is 135 cm³/mol. The Labute approximate surface area is 199 Å². The monoisotopic (exact) mass is 448 g/mol. The zero-order chi connectivity index (χ0) is 22.6. The highest BCUT2D eigenvalue weighted by molar-refractivity contribution is 5.83. The van der Waals surface area contributed by atoms with E-state index < -0.39 is 0 Å². The standard InChI is InChI=1S/C28H40N4O/c1-29-13-15-30(16-14-29)20-24-18-27(28(33)32-11-5-2-6-12-32)22-31(21-24)19-23-9-10-25-7-3-4-8-26(25)17-23/h3-4,7-10,17,24,27H,2,5-6,11-16,18-22H2,1H3/t24-,27-/m1/s1. The third kappa shape index (κ3) is 5.76. The lowest BCUT2D eigenvalue weighted by Crippen LogP contribution is -2.52. The number of carbonyl (C=O) groups excluding carboxylic acids is 1. The van der Waals surface area contributed by atoms with Gasteiger partial charge in [0, 0.05) is 65.4 Å². The topological polar surface area (TPSA) is 30.0 Å². The molecule has 178 valence electrons. The molecule has 2 aromatic carbocycles. The largest absolute Gasteiger partial charge is 0.342 e. The highest BCUT2D eigenvalue weighted by atomic mass is 16.2. The molecule has 33 heavy (non-hydrogen) atoms. The van der Waals surface area contributed by atoms with Crippen molar-refractivity contribution < 1.29 is 4.79 Å². The van der Waals surface area contributed by atoms with Gasteiger partial charge >= 0.3 is 0 Å². The Kier molecular flexibility index (Phi) is 7.29. The van der Waals surface area contributed by atoms with E-state index in [4.69, 9.17) is 0 Å². The van der Waals surface area contributed by atoms with Crippen molar-refractivity contribution in [2.75, 3.05) is 66.0 Å². The number of hydrogen-bond donors (Lipinski definition) is 0. The van der Waals surface area contributed by atoms with Crippen molar-refractivity contribution in [2.24, 2.45) is 11.8 Å². The van der Waals surface area contributed by atoms with Crippen LogP contribution >= 0.6 is 0 Å². The molecule has 0 aliphatic carbocycles. The summed E-state index contributed by atoms with van der Waals surface area (Å²) in [6.07, 6.45) is 4.67. The average molecular weight is 449 g/mol. The number of piperazine rings is 1. The Morgan fingerprint density at radius 1 is 0.848 bits per heavy atom. The predicted octanol–water partition coefficient (Wildman–Crippen LogP) is 3.54. The molecule has 2 aromatic rings. The fourth-order valence-electron chi connectivity index (χ4n) is 6.11. The van der Waals surface area contributed by atoms with Gasteiger partial charge in [0.2, 0.25) is 5.91 Å². The maximum Gasteiger partial charge on any atom is 0.226 e. The van der Waals surface area contributed by atoms with Crippen molar-refractivity contribution in [3.05, 3.63) is 48.0 Å². The second-order valence-corrected chi connectivity index (χ2v) is 10.7.